The lowest BCUT2D eigenvalue weighted by Crippen LogP contribution is -2.22. The van der Waals surface area contributed by atoms with Crippen LogP contribution in [0.25, 0.3) is 5.69 Å². The summed E-state index contributed by atoms with van der Waals surface area (Å²) in [6.45, 7) is 0.761. The van der Waals surface area contributed by atoms with Gasteiger partial charge in [0.25, 0.3) is 0 Å². The molecule has 0 bridgehead atoms. The van der Waals surface area contributed by atoms with Crippen LogP contribution in [0, 0.1) is 0 Å². The Morgan fingerprint density at radius 1 is 1.17 bits per heavy atom. The molecule has 0 radical (unpaired) electrons. The predicted molar refractivity (Wildman–Crippen MR) is 94.9 cm³/mol. The van der Waals surface area contributed by atoms with E-state index in [-0.39, 0.29) is 6.04 Å². The minimum absolute atomic E-state index is 0.187. The summed E-state index contributed by atoms with van der Waals surface area (Å²) in [6, 6.07) is 10.6. The Morgan fingerprint density at radius 3 is 3.08 bits per heavy atom. The van der Waals surface area contributed by atoms with Gasteiger partial charge in [-0.1, -0.05) is 17.7 Å². The zero-order valence-electron chi connectivity index (χ0n) is 13.1. The van der Waals surface area contributed by atoms with Gasteiger partial charge in [-0.25, -0.2) is 0 Å². The second-order valence-electron chi connectivity index (χ2n) is 6.38. The molecule has 2 aliphatic heterocycles. The number of rotatable bonds is 1. The number of benzene rings is 1. The minimum atomic E-state index is 0.187. The van der Waals surface area contributed by atoms with Crippen molar-refractivity contribution in [3.8, 4) is 5.69 Å². The monoisotopic (exact) mass is 336 g/mol. The fourth-order valence-electron chi connectivity index (χ4n) is 4.02. The Hall–Kier alpha value is -2.23. The van der Waals surface area contributed by atoms with Crippen molar-refractivity contribution in [2.75, 3.05) is 0 Å². The number of hydrogen-bond donors (Lipinski definition) is 1. The van der Waals surface area contributed by atoms with E-state index in [0.717, 1.165) is 30.0 Å². The highest BCUT2D eigenvalue weighted by Crippen LogP contribution is 2.42. The van der Waals surface area contributed by atoms with Gasteiger partial charge in [0.1, 0.15) is 0 Å². The van der Waals surface area contributed by atoms with E-state index in [1.807, 2.05) is 18.4 Å². The molecule has 0 spiro atoms. The summed E-state index contributed by atoms with van der Waals surface area (Å²) in [5, 5.41) is 4.55. The first-order chi connectivity index (χ1) is 11.8. The van der Waals surface area contributed by atoms with Gasteiger partial charge in [0.2, 0.25) is 0 Å². The van der Waals surface area contributed by atoms with E-state index in [2.05, 4.69) is 40.4 Å². The molecule has 1 aliphatic carbocycles. The number of halogens is 1. The summed E-state index contributed by atoms with van der Waals surface area (Å²) in [4.78, 5) is 0. The molecule has 1 aromatic heterocycles. The van der Waals surface area contributed by atoms with Gasteiger partial charge < -0.3 is 14.6 Å². The van der Waals surface area contributed by atoms with Crippen LogP contribution in [-0.2, 0) is 11.3 Å². The molecule has 120 valence electrons. The van der Waals surface area contributed by atoms with Crippen molar-refractivity contribution in [3.05, 3.63) is 88.1 Å². The van der Waals surface area contributed by atoms with Gasteiger partial charge in [0.15, 0.2) is 0 Å². The van der Waals surface area contributed by atoms with Gasteiger partial charge in [0, 0.05) is 29.0 Å². The van der Waals surface area contributed by atoms with Crippen molar-refractivity contribution in [3.63, 3.8) is 0 Å². The molecule has 0 saturated carbocycles. The van der Waals surface area contributed by atoms with Crippen LogP contribution in [0.4, 0.5) is 0 Å². The van der Waals surface area contributed by atoms with Crippen LogP contribution in [0.3, 0.4) is 0 Å². The van der Waals surface area contributed by atoms with Gasteiger partial charge in [-0.05, 0) is 59.9 Å². The molecular weight excluding hydrogens is 320 g/mol. The van der Waals surface area contributed by atoms with Crippen LogP contribution in [-0.4, -0.2) is 4.57 Å². The maximum atomic E-state index is 6.46. The van der Waals surface area contributed by atoms with E-state index in [0.29, 0.717) is 0 Å². The third-order valence-corrected chi connectivity index (χ3v) is 5.49. The van der Waals surface area contributed by atoms with Gasteiger partial charge in [0.05, 0.1) is 24.3 Å². The summed E-state index contributed by atoms with van der Waals surface area (Å²) in [6.07, 6.45) is 9.97. The molecular formula is C20H17ClN2O. The summed E-state index contributed by atoms with van der Waals surface area (Å²) in [5.74, 6) is 0. The number of aromatic nitrogens is 1. The van der Waals surface area contributed by atoms with Gasteiger partial charge in [-0.15, -0.1) is 0 Å². The molecule has 5 rings (SSSR count). The quantitative estimate of drug-likeness (QED) is 0.810. The second kappa shape index (κ2) is 5.40. The zero-order valence-corrected chi connectivity index (χ0v) is 13.9. The van der Waals surface area contributed by atoms with Crippen molar-refractivity contribution < 1.29 is 4.74 Å². The molecule has 1 unspecified atom stereocenters. The molecule has 3 aliphatic rings. The lowest BCUT2D eigenvalue weighted by atomic mass is 9.99. The van der Waals surface area contributed by atoms with Crippen molar-refractivity contribution in [2.24, 2.45) is 0 Å². The summed E-state index contributed by atoms with van der Waals surface area (Å²) < 4.78 is 7.61. The maximum absolute atomic E-state index is 6.46. The minimum Gasteiger partial charge on any atom is -0.472 e. The number of nitrogens with one attached hydrogen (secondary N) is 1. The number of ether oxygens (including phenoxy) is 1. The van der Waals surface area contributed by atoms with Crippen molar-refractivity contribution in [1.29, 1.82) is 0 Å². The summed E-state index contributed by atoms with van der Waals surface area (Å²) in [5.41, 5.74) is 7.64. The van der Waals surface area contributed by atoms with Gasteiger partial charge in [-0.2, -0.15) is 0 Å². The number of hydrogen-bond acceptors (Lipinski definition) is 2. The molecule has 0 saturated heterocycles. The van der Waals surface area contributed by atoms with E-state index in [1.165, 1.54) is 28.1 Å². The molecule has 3 heterocycles. The first-order valence-electron chi connectivity index (χ1n) is 8.26. The fourth-order valence-corrected chi connectivity index (χ4v) is 4.25. The molecule has 1 N–H and O–H groups in total. The second-order valence-corrected chi connectivity index (χ2v) is 6.78. The van der Waals surface area contributed by atoms with Gasteiger partial charge in [-0.3, -0.25) is 0 Å². The molecule has 4 heteroatoms. The Morgan fingerprint density at radius 2 is 2.12 bits per heavy atom. The standard InChI is InChI=1S/C20H17ClN2O/c21-17-3-1-4-18-16(17)11-22-20(19-5-2-9-23(18)19)15-7-6-13-12-24-10-8-14(13)15/h1-5,8-10,12,20,22H,6-7,11H2. The smallest absolute Gasteiger partial charge is 0.0939 e. The highest BCUT2D eigenvalue weighted by molar-refractivity contribution is 6.31. The predicted octanol–water partition coefficient (Wildman–Crippen LogP) is 4.79. The van der Waals surface area contributed by atoms with Crippen LogP contribution >= 0.6 is 11.6 Å². The Labute approximate surface area is 145 Å². The highest BCUT2D eigenvalue weighted by Gasteiger charge is 2.31. The fraction of sp³-hybridized carbons (Fsp3) is 0.200. The average molecular weight is 337 g/mol. The Balaban J connectivity index is 1.67. The lowest BCUT2D eigenvalue weighted by Gasteiger charge is -2.20. The summed E-state index contributed by atoms with van der Waals surface area (Å²) >= 11 is 6.46. The van der Waals surface area contributed by atoms with E-state index >= 15 is 0 Å². The SMILES string of the molecule is Clc1cccc2c1CNC(C1=C3C=COC=C3CC1)c1cccn1-2. The van der Waals surface area contributed by atoms with Crippen LogP contribution in [0.5, 0.6) is 0 Å². The first kappa shape index (κ1) is 14.1. The van der Waals surface area contributed by atoms with Crippen molar-refractivity contribution in [1.82, 2.24) is 9.88 Å². The molecule has 1 aromatic carbocycles. The number of nitrogens with zero attached hydrogens (tertiary/aromatic N) is 1. The van der Waals surface area contributed by atoms with Crippen LogP contribution in [0.1, 0.15) is 30.1 Å². The van der Waals surface area contributed by atoms with E-state index in [1.54, 1.807) is 6.26 Å². The molecule has 3 nitrogen and oxygen atoms in total. The topological polar surface area (TPSA) is 26.2 Å². The number of fused-ring (bicyclic) bond motifs is 4. The number of allylic oxidation sites excluding steroid dienone is 3. The van der Waals surface area contributed by atoms with Crippen LogP contribution in [0.2, 0.25) is 5.02 Å². The average Bonchev–Trinajstić information content (AvgIpc) is 3.21. The zero-order chi connectivity index (χ0) is 16.1. The van der Waals surface area contributed by atoms with Crippen molar-refractivity contribution in [2.45, 2.75) is 25.4 Å². The Kier molecular flexibility index (Phi) is 3.18. The molecule has 0 amide bonds. The van der Waals surface area contributed by atoms with E-state index in [9.17, 15) is 0 Å². The third kappa shape index (κ3) is 2.02. The largest absolute Gasteiger partial charge is 0.472 e. The van der Waals surface area contributed by atoms with E-state index in [4.69, 9.17) is 16.3 Å². The van der Waals surface area contributed by atoms with E-state index < -0.39 is 0 Å². The van der Waals surface area contributed by atoms with Crippen molar-refractivity contribution >= 4 is 11.6 Å². The molecule has 1 atom stereocenters. The third-order valence-electron chi connectivity index (χ3n) is 5.14. The summed E-state index contributed by atoms with van der Waals surface area (Å²) in [7, 11) is 0. The normalized spacial score (nSPS) is 21.5. The van der Waals surface area contributed by atoms with Crippen LogP contribution in [0.15, 0.2) is 71.8 Å². The lowest BCUT2D eigenvalue weighted by molar-refractivity contribution is 0.393. The Bertz CT molecular complexity index is 919. The molecule has 24 heavy (non-hydrogen) atoms. The highest BCUT2D eigenvalue weighted by atomic mass is 35.5. The molecule has 0 fully saturated rings. The maximum Gasteiger partial charge on any atom is 0.0939 e. The van der Waals surface area contributed by atoms with Crippen LogP contribution < -0.4 is 5.32 Å². The first-order valence-corrected chi connectivity index (χ1v) is 8.63. The molecule has 2 aromatic rings. The van der Waals surface area contributed by atoms with Gasteiger partial charge >= 0.3 is 0 Å².